The van der Waals surface area contributed by atoms with Gasteiger partial charge in [0.2, 0.25) is 6.79 Å². The number of hydrogen-bond acceptors (Lipinski definition) is 7. The number of amidine groups is 1. The van der Waals surface area contributed by atoms with Crippen molar-refractivity contribution in [3.05, 3.63) is 119 Å². The van der Waals surface area contributed by atoms with Gasteiger partial charge in [0.25, 0.3) is 5.91 Å². The molecule has 1 atom stereocenters. The molecule has 0 bridgehead atoms. The minimum Gasteiger partial charge on any atom is -0.493 e. The number of carbonyl (C=O) groups excluding carboxylic acids is 1. The summed E-state index contributed by atoms with van der Waals surface area (Å²) >= 11 is 1.37. The van der Waals surface area contributed by atoms with Gasteiger partial charge < -0.3 is 18.9 Å². The smallest absolute Gasteiger partial charge is 0.267 e. The lowest BCUT2D eigenvalue weighted by atomic mass is 10.1. The summed E-state index contributed by atoms with van der Waals surface area (Å²) in [6.07, 6.45) is 1.87. The van der Waals surface area contributed by atoms with Crippen molar-refractivity contribution in [1.29, 1.82) is 0 Å². The molecule has 1 saturated heterocycles. The van der Waals surface area contributed by atoms with E-state index in [-0.39, 0.29) is 18.7 Å². The number of para-hydroxylation sites is 1. The lowest BCUT2D eigenvalue weighted by molar-refractivity contribution is -0.123. The molecule has 7 nitrogen and oxygen atoms in total. The molecule has 206 valence electrons. The van der Waals surface area contributed by atoms with Gasteiger partial charge in [0.15, 0.2) is 28.2 Å². The molecular weight excluding hydrogens is 536 g/mol. The summed E-state index contributed by atoms with van der Waals surface area (Å²) in [7, 11) is 1.60. The molecule has 0 unspecified atom stereocenters. The number of thioether (sulfide) groups is 1. The molecule has 0 N–H and O–H groups in total. The van der Waals surface area contributed by atoms with Crippen molar-refractivity contribution in [2.75, 3.05) is 13.9 Å². The fourth-order valence-corrected chi connectivity index (χ4v) is 5.70. The van der Waals surface area contributed by atoms with E-state index in [0.717, 1.165) is 28.1 Å². The summed E-state index contributed by atoms with van der Waals surface area (Å²) in [6.45, 7) is 2.59. The normalized spacial score (nSPS) is 16.8. The third kappa shape index (κ3) is 5.78. The molecule has 6 rings (SSSR count). The molecule has 0 saturated carbocycles. The number of amides is 1. The average molecular weight is 565 g/mol. The quantitative estimate of drug-likeness (QED) is 0.208. The van der Waals surface area contributed by atoms with Gasteiger partial charge in [-0.3, -0.25) is 9.69 Å². The Morgan fingerprint density at radius 2 is 1.68 bits per heavy atom. The van der Waals surface area contributed by atoms with Crippen LogP contribution >= 0.6 is 11.8 Å². The first-order chi connectivity index (χ1) is 20.1. The van der Waals surface area contributed by atoms with Crippen molar-refractivity contribution < 1.29 is 23.7 Å². The van der Waals surface area contributed by atoms with E-state index in [2.05, 4.69) is 0 Å². The van der Waals surface area contributed by atoms with Gasteiger partial charge in [0.05, 0.1) is 23.7 Å². The van der Waals surface area contributed by atoms with Gasteiger partial charge in [-0.25, -0.2) is 4.99 Å². The zero-order valence-electron chi connectivity index (χ0n) is 22.7. The van der Waals surface area contributed by atoms with Crippen molar-refractivity contribution in [1.82, 2.24) is 4.90 Å². The van der Waals surface area contributed by atoms with E-state index in [4.69, 9.17) is 23.9 Å². The second-order valence-corrected chi connectivity index (χ2v) is 10.5. The van der Waals surface area contributed by atoms with Crippen LogP contribution in [0.25, 0.3) is 6.08 Å². The summed E-state index contributed by atoms with van der Waals surface area (Å²) in [5, 5.41) is 0.638. The Kier molecular flexibility index (Phi) is 7.65. The van der Waals surface area contributed by atoms with Gasteiger partial charge in [0, 0.05) is 0 Å². The highest BCUT2D eigenvalue weighted by Gasteiger charge is 2.37. The number of benzene rings is 4. The number of carbonyl (C=O) groups is 1. The zero-order chi connectivity index (χ0) is 28.2. The third-order valence-electron chi connectivity index (χ3n) is 6.80. The molecule has 0 aromatic heterocycles. The molecule has 8 heteroatoms. The fourth-order valence-electron chi connectivity index (χ4n) is 4.64. The van der Waals surface area contributed by atoms with Crippen molar-refractivity contribution >= 4 is 34.6 Å². The summed E-state index contributed by atoms with van der Waals surface area (Å²) in [5.41, 5.74) is 3.60. The molecule has 0 aliphatic carbocycles. The van der Waals surface area contributed by atoms with Crippen LogP contribution in [-0.4, -0.2) is 29.9 Å². The topological polar surface area (TPSA) is 69.6 Å². The Hall–Kier alpha value is -4.69. The minimum atomic E-state index is -0.189. The SMILES string of the molecule is COc1cc(/C=C2/SC(=Nc3ccccc3)N([C@H](C)c3ccccc3)C2=O)ccc1OCc1ccc2c(c1)OCO2. The molecule has 4 aromatic rings. The standard InChI is InChI=1S/C33H28N2O5S/c1-22(25-9-5-3-6-10-25)35-32(36)31(41-33(35)34-26-11-7-4-8-12-26)19-23-13-15-27(29(17-23)37-2)38-20-24-14-16-28-30(18-24)40-21-39-28/h3-19,22H,20-21H2,1-2H3/b31-19+,34-33?/t22-/m1/s1. The van der Waals surface area contributed by atoms with Crippen molar-refractivity contribution in [2.24, 2.45) is 4.99 Å². The molecule has 4 aromatic carbocycles. The van der Waals surface area contributed by atoms with Gasteiger partial charge in [0.1, 0.15) is 6.61 Å². The molecule has 2 aliphatic heterocycles. The Balaban J connectivity index is 1.25. The van der Waals surface area contributed by atoms with Gasteiger partial charge in [-0.2, -0.15) is 0 Å². The second-order valence-electron chi connectivity index (χ2n) is 9.49. The van der Waals surface area contributed by atoms with Crippen LogP contribution in [0.3, 0.4) is 0 Å². The molecule has 0 radical (unpaired) electrons. The first kappa shape index (κ1) is 26.5. The van der Waals surface area contributed by atoms with Gasteiger partial charge in [-0.05, 0) is 77.9 Å². The number of ether oxygens (including phenoxy) is 4. The highest BCUT2D eigenvalue weighted by atomic mass is 32.2. The van der Waals surface area contributed by atoms with Crippen LogP contribution in [-0.2, 0) is 11.4 Å². The number of aliphatic imine (C=N–C) groups is 1. The number of hydrogen-bond donors (Lipinski definition) is 0. The van der Waals surface area contributed by atoms with Crippen LogP contribution in [0.15, 0.2) is 107 Å². The average Bonchev–Trinajstić information content (AvgIpc) is 3.60. The van der Waals surface area contributed by atoms with Crippen LogP contribution in [0, 0.1) is 0 Å². The van der Waals surface area contributed by atoms with Crippen molar-refractivity contribution in [2.45, 2.75) is 19.6 Å². The van der Waals surface area contributed by atoms with E-state index >= 15 is 0 Å². The predicted octanol–water partition coefficient (Wildman–Crippen LogP) is 7.37. The van der Waals surface area contributed by atoms with Gasteiger partial charge in [-0.1, -0.05) is 60.7 Å². The summed E-state index contributed by atoms with van der Waals surface area (Å²) < 4.78 is 22.5. The van der Waals surface area contributed by atoms with Crippen LogP contribution in [0.4, 0.5) is 5.69 Å². The minimum absolute atomic E-state index is 0.0943. The molecule has 0 spiro atoms. The van der Waals surface area contributed by atoms with E-state index in [1.807, 2.05) is 110 Å². The first-order valence-electron chi connectivity index (χ1n) is 13.2. The Labute approximate surface area is 243 Å². The monoisotopic (exact) mass is 564 g/mol. The van der Waals surface area contributed by atoms with Gasteiger partial charge >= 0.3 is 0 Å². The predicted molar refractivity (Wildman–Crippen MR) is 161 cm³/mol. The molecule has 41 heavy (non-hydrogen) atoms. The maximum atomic E-state index is 13.8. The summed E-state index contributed by atoms with van der Waals surface area (Å²) in [5.74, 6) is 2.52. The zero-order valence-corrected chi connectivity index (χ0v) is 23.5. The lowest BCUT2D eigenvalue weighted by Gasteiger charge is -2.24. The lowest BCUT2D eigenvalue weighted by Crippen LogP contribution is -2.32. The van der Waals surface area contributed by atoms with Crippen LogP contribution in [0.5, 0.6) is 23.0 Å². The number of methoxy groups -OCH3 is 1. The number of rotatable bonds is 8. The Bertz CT molecular complexity index is 1620. The molecule has 2 heterocycles. The highest BCUT2D eigenvalue weighted by molar-refractivity contribution is 8.18. The van der Waals surface area contributed by atoms with Crippen molar-refractivity contribution in [3.63, 3.8) is 0 Å². The van der Waals surface area contributed by atoms with Crippen LogP contribution < -0.4 is 18.9 Å². The van der Waals surface area contributed by atoms with Gasteiger partial charge in [-0.15, -0.1) is 0 Å². The Morgan fingerprint density at radius 3 is 2.46 bits per heavy atom. The van der Waals surface area contributed by atoms with E-state index in [1.54, 1.807) is 12.0 Å². The maximum absolute atomic E-state index is 13.8. The third-order valence-corrected chi connectivity index (χ3v) is 7.79. The number of nitrogens with zero attached hydrogens (tertiary/aromatic N) is 2. The summed E-state index contributed by atoms with van der Waals surface area (Å²) in [6, 6.07) is 30.8. The van der Waals surface area contributed by atoms with E-state index in [9.17, 15) is 4.79 Å². The first-order valence-corrected chi connectivity index (χ1v) is 14.0. The highest BCUT2D eigenvalue weighted by Crippen LogP contribution is 2.40. The van der Waals surface area contributed by atoms with E-state index < -0.39 is 0 Å². The van der Waals surface area contributed by atoms with Crippen LogP contribution in [0.2, 0.25) is 0 Å². The summed E-state index contributed by atoms with van der Waals surface area (Å²) in [4.78, 5) is 20.9. The fraction of sp³-hybridized carbons (Fsp3) is 0.152. The second kappa shape index (κ2) is 11.8. The molecule has 1 fully saturated rings. The number of fused-ring (bicyclic) bond motifs is 1. The molecule has 1 amide bonds. The van der Waals surface area contributed by atoms with E-state index in [0.29, 0.717) is 33.9 Å². The van der Waals surface area contributed by atoms with Crippen LogP contribution in [0.1, 0.15) is 29.7 Å². The largest absolute Gasteiger partial charge is 0.493 e. The van der Waals surface area contributed by atoms with E-state index in [1.165, 1.54) is 11.8 Å². The Morgan fingerprint density at radius 1 is 0.927 bits per heavy atom. The molecular formula is C33H28N2O5S. The molecule has 2 aliphatic rings. The maximum Gasteiger partial charge on any atom is 0.267 e. The van der Waals surface area contributed by atoms with Crippen molar-refractivity contribution in [3.8, 4) is 23.0 Å².